The first-order valence-electron chi connectivity index (χ1n) is 8.44. The molecule has 6 nitrogen and oxygen atoms in total. The average molecular weight is 364 g/mol. The van der Waals surface area contributed by atoms with Crippen LogP contribution in [0.15, 0.2) is 29.2 Å². The quantitative estimate of drug-likeness (QED) is 0.620. The fourth-order valence-electron chi connectivity index (χ4n) is 2.73. The molecule has 1 aliphatic heterocycles. The first-order chi connectivity index (χ1) is 12.0. The Labute approximate surface area is 152 Å². The number of amides is 2. The Bertz CT molecular complexity index is 618. The molecule has 0 saturated carbocycles. The van der Waals surface area contributed by atoms with Crippen molar-refractivity contribution in [3.8, 4) is 0 Å². The molecule has 1 fully saturated rings. The zero-order valence-corrected chi connectivity index (χ0v) is 15.4. The molecule has 0 spiro atoms. The number of carbonyl (C=O) groups is 3. The van der Waals surface area contributed by atoms with Crippen molar-refractivity contribution in [2.75, 3.05) is 30.8 Å². The number of nitrogens with zero attached hydrogens (tertiary/aromatic N) is 1. The first kappa shape index (κ1) is 19.3. The fraction of sp³-hybridized carbons (Fsp3) is 0.500. The fourth-order valence-corrected chi connectivity index (χ4v) is 3.53. The van der Waals surface area contributed by atoms with Crippen LogP contribution < -0.4 is 5.32 Å². The molecule has 1 aromatic rings. The minimum Gasteiger partial charge on any atom is -0.466 e. The molecule has 0 aliphatic carbocycles. The number of piperidine rings is 1. The Hall–Kier alpha value is -2.02. The molecule has 136 valence electrons. The van der Waals surface area contributed by atoms with Gasteiger partial charge in [-0.2, -0.15) is 0 Å². The third-order valence-corrected chi connectivity index (χ3v) is 4.93. The van der Waals surface area contributed by atoms with Gasteiger partial charge in [0.1, 0.15) is 0 Å². The molecule has 1 saturated heterocycles. The number of hydrogen-bond donors (Lipinski definition) is 1. The lowest BCUT2D eigenvalue weighted by atomic mass is 9.98. The van der Waals surface area contributed by atoms with Gasteiger partial charge in [-0.25, -0.2) is 0 Å². The number of rotatable bonds is 6. The standard InChI is InChI=1S/C18H24N2O4S/c1-3-24-18(23)14-5-4-10-20(11-14)17(22)12-25-16-8-6-15(7-9-16)19-13(2)21/h6-9,14H,3-5,10-12H2,1-2H3,(H,19,21)/t14-/m1/s1. The van der Waals surface area contributed by atoms with E-state index in [4.69, 9.17) is 4.74 Å². The molecular weight excluding hydrogens is 340 g/mol. The predicted molar refractivity (Wildman–Crippen MR) is 97.4 cm³/mol. The van der Waals surface area contributed by atoms with Gasteiger partial charge >= 0.3 is 5.97 Å². The zero-order valence-electron chi connectivity index (χ0n) is 14.6. The van der Waals surface area contributed by atoms with Crippen molar-refractivity contribution in [1.82, 2.24) is 4.90 Å². The molecule has 0 aromatic heterocycles. The molecule has 0 bridgehead atoms. The SMILES string of the molecule is CCOC(=O)[C@@H]1CCCN(C(=O)CSc2ccc(NC(C)=O)cc2)C1. The summed E-state index contributed by atoms with van der Waals surface area (Å²) in [6.07, 6.45) is 1.60. The summed E-state index contributed by atoms with van der Waals surface area (Å²) in [6.45, 7) is 4.76. The third-order valence-electron chi connectivity index (χ3n) is 3.93. The van der Waals surface area contributed by atoms with E-state index in [-0.39, 0.29) is 23.7 Å². The van der Waals surface area contributed by atoms with Crippen molar-refractivity contribution in [1.29, 1.82) is 0 Å². The van der Waals surface area contributed by atoms with Crippen LogP contribution in [0.4, 0.5) is 5.69 Å². The van der Waals surface area contributed by atoms with Crippen LogP contribution in [0, 0.1) is 5.92 Å². The molecule has 1 aromatic carbocycles. The highest BCUT2D eigenvalue weighted by atomic mass is 32.2. The second kappa shape index (κ2) is 9.46. The lowest BCUT2D eigenvalue weighted by Crippen LogP contribution is -2.43. The molecular formula is C18H24N2O4S. The van der Waals surface area contributed by atoms with Crippen LogP contribution in [-0.2, 0) is 19.1 Å². The summed E-state index contributed by atoms with van der Waals surface area (Å²) >= 11 is 1.45. The first-order valence-corrected chi connectivity index (χ1v) is 9.43. The summed E-state index contributed by atoms with van der Waals surface area (Å²) in [7, 11) is 0. The maximum absolute atomic E-state index is 12.4. The number of ether oxygens (including phenoxy) is 1. The largest absolute Gasteiger partial charge is 0.466 e. The second-order valence-corrected chi connectivity index (χ2v) is 6.97. The summed E-state index contributed by atoms with van der Waals surface area (Å²) in [5.41, 5.74) is 0.733. The van der Waals surface area contributed by atoms with Gasteiger partial charge in [0.05, 0.1) is 18.3 Å². The molecule has 0 unspecified atom stereocenters. The maximum Gasteiger partial charge on any atom is 0.310 e. The van der Waals surface area contributed by atoms with Crippen LogP contribution in [0.3, 0.4) is 0 Å². The van der Waals surface area contributed by atoms with E-state index in [9.17, 15) is 14.4 Å². The Morgan fingerprint density at radius 3 is 2.64 bits per heavy atom. The number of hydrogen-bond acceptors (Lipinski definition) is 5. The topological polar surface area (TPSA) is 75.7 Å². The van der Waals surface area contributed by atoms with E-state index >= 15 is 0 Å². The minimum atomic E-state index is -0.209. The third kappa shape index (κ3) is 6.08. The highest BCUT2D eigenvalue weighted by molar-refractivity contribution is 8.00. The van der Waals surface area contributed by atoms with Gasteiger partial charge < -0.3 is 15.0 Å². The van der Waals surface area contributed by atoms with Crippen molar-refractivity contribution < 1.29 is 19.1 Å². The predicted octanol–water partition coefficient (Wildman–Crippen LogP) is 2.54. The van der Waals surface area contributed by atoms with Gasteiger partial charge in [-0.05, 0) is 44.0 Å². The van der Waals surface area contributed by atoms with E-state index in [0.717, 1.165) is 23.4 Å². The average Bonchev–Trinajstić information content (AvgIpc) is 2.60. The number of likely N-dealkylation sites (tertiary alicyclic amines) is 1. The lowest BCUT2D eigenvalue weighted by molar-refractivity contribution is -0.151. The summed E-state index contributed by atoms with van der Waals surface area (Å²) in [5.74, 6) is -0.169. The minimum absolute atomic E-state index is 0.0323. The van der Waals surface area contributed by atoms with Crippen molar-refractivity contribution in [2.45, 2.75) is 31.6 Å². The smallest absolute Gasteiger partial charge is 0.310 e. The van der Waals surface area contributed by atoms with E-state index in [1.807, 2.05) is 24.3 Å². The highest BCUT2D eigenvalue weighted by Gasteiger charge is 2.29. The summed E-state index contributed by atoms with van der Waals surface area (Å²) in [6, 6.07) is 7.37. The van der Waals surface area contributed by atoms with Crippen LogP contribution >= 0.6 is 11.8 Å². The monoisotopic (exact) mass is 364 g/mol. The van der Waals surface area contributed by atoms with Gasteiger partial charge in [0, 0.05) is 30.6 Å². The van der Waals surface area contributed by atoms with Gasteiger partial charge in [0.25, 0.3) is 0 Å². The Kier molecular flexibility index (Phi) is 7.31. The lowest BCUT2D eigenvalue weighted by Gasteiger charge is -2.31. The molecule has 2 amide bonds. The summed E-state index contributed by atoms with van der Waals surface area (Å²) < 4.78 is 5.07. The number of esters is 1. The maximum atomic E-state index is 12.4. The van der Waals surface area contributed by atoms with Crippen LogP contribution in [0.2, 0.25) is 0 Å². The van der Waals surface area contributed by atoms with Crippen molar-refractivity contribution in [3.05, 3.63) is 24.3 Å². The van der Waals surface area contributed by atoms with Crippen LogP contribution in [0.5, 0.6) is 0 Å². The van der Waals surface area contributed by atoms with Gasteiger partial charge in [-0.1, -0.05) is 0 Å². The van der Waals surface area contributed by atoms with Crippen molar-refractivity contribution >= 4 is 35.2 Å². The van der Waals surface area contributed by atoms with Gasteiger partial charge in [-0.3, -0.25) is 14.4 Å². The Morgan fingerprint density at radius 1 is 1.28 bits per heavy atom. The number of carbonyl (C=O) groups excluding carboxylic acids is 3. The zero-order chi connectivity index (χ0) is 18.2. The van der Waals surface area contributed by atoms with Crippen molar-refractivity contribution in [2.24, 2.45) is 5.92 Å². The summed E-state index contributed by atoms with van der Waals surface area (Å²) in [5, 5.41) is 2.71. The van der Waals surface area contributed by atoms with E-state index in [0.29, 0.717) is 25.4 Å². The van der Waals surface area contributed by atoms with E-state index < -0.39 is 0 Å². The highest BCUT2D eigenvalue weighted by Crippen LogP contribution is 2.23. The van der Waals surface area contributed by atoms with Crippen LogP contribution in [0.1, 0.15) is 26.7 Å². The van der Waals surface area contributed by atoms with Gasteiger partial charge in [-0.15, -0.1) is 11.8 Å². The molecule has 1 aliphatic rings. The van der Waals surface area contributed by atoms with E-state index in [1.165, 1.54) is 18.7 Å². The molecule has 0 radical (unpaired) electrons. The van der Waals surface area contributed by atoms with Crippen LogP contribution in [-0.4, -0.2) is 48.1 Å². The normalized spacial score (nSPS) is 17.0. The molecule has 1 heterocycles. The molecule has 1 atom stereocenters. The van der Waals surface area contributed by atoms with Gasteiger partial charge in [0.2, 0.25) is 11.8 Å². The molecule has 1 N–H and O–H groups in total. The Balaban J connectivity index is 1.83. The molecule has 7 heteroatoms. The van der Waals surface area contributed by atoms with Crippen LogP contribution in [0.25, 0.3) is 0 Å². The molecule has 25 heavy (non-hydrogen) atoms. The van der Waals surface area contributed by atoms with Crippen molar-refractivity contribution in [3.63, 3.8) is 0 Å². The number of anilines is 1. The number of thioether (sulfide) groups is 1. The molecule has 2 rings (SSSR count). The van der Waals surface area contributed by atoms with Gasteiger partial charge in [0.15, 0.2) is 0 Å². The number of benzene rings is 1. The van der Waals surface area contributed by atoms with E-state index in [1.54, 1.807) is 11.8 Å². The Morgan fingerprint density at radius 2 is 2.00 bits per heavy atom. The van der Waals surface area contributed by atoms with E-state index in [2.05, 4.69) is 5.32 Å². The second-order valence-electron chi connectivity index (χ2n) is 5.93. The summed E-state index contributed by atoms with van der Waals surface area (Å²) in [4.78, 5) is 38.0. The number of nitrogens with one attached hydrogen (secondary N) is 1.